The van der Waals surface area contributed by atoms with Gasteiger partial charge in [0.2, 0.25) is 5.91 Å². The molecular formula is C22H25F2NO4. The number of methoxy groups -OCH3 is 2. The van der Waals surface area contributed by atoms with E-state index in [9.17, 15) is 13.6 Å². The Labute approximate surface area is 169 Å². The summed E-state index contributed by atoms with van der Waals surface area (Å²) in [7, 11) is 2.96. The van der Waals surface area contributed by atoms with Crippen LogP contribution in [0.15, 0.2) is 48.5 Å². The van der Waals surface area contributed by atoms with Gasteiger partial charge in [0.1, 0.15) is 5.75 Å². The fraction of sp³-hybridized carbons (Fsp3) is 0.318. The number of carbonyl (C=O) groups is 1. The molecule has 0 bridgehead atoms. The van der Waals surface area contributed by atoms with Crippen molar-refractivity contribution in [3.05, 3.63) is 59.7 Å². The fourth-order valence-corrected chi connectivity index (χ4v) is 2.80. The normalized spacial score (nSPS) is 12.3. The second-order valence-electron chi connectivity index (χ2n) is 6.63. The topological polar surface area (TPSA) is 56.8 Å². The minimum Gasteiger partial charge on any atom is -0.497 e. The molecule has 1 N–H and O–H groups in total. The smallest absolute Gasteiger partial charge is 0.387 e. The van der Waals surface area contributed by atoms with Gasteiger partial charge < -0.3 is 19.5 Å². The Kier molecular flexibility index (Phi) is 8.00. The number of benzene rings is 2. The summed E-state index contributed by atoms with van der Waals surface area (Å²) in [6.45, 7) is 1.10. The first-order valence-electron chi connectivity index (χ1n) is 9.09. The molecule has 2 aromatic carbocycles. The third-order valence-corrected chi connectivity index (χ3v) is 4.27. The molecule has 0 radical (unpaired) electrons. The number of hydrogen-bond donors (Lipinski definition) is 1. The molecule has 156 valence electrons. The number of nitrogens with one attached hydrogen (secondary N) is 1. The lowest BCUT2D eigenvalue weighted by Crippen LogP contribution is -2.30. The van der Waals surface area contributed by atoms with Gasteiger partial charge in [-0.15, -0.1) is 0 Å². The van der Waals surface area contributed by atoms with E-state index in [0.29, 0.717) is 5.56 Å². The Bertz CT molecular complexity index is 835. The second-order valence-corrected chi connectivity index (χ2v) is 6.63. The first-order chi connectivity index (χ1) is 13.8. The molecular weight excluding hydrogens is 380 g/mol. The van der Waals surface area contributed by atoms with Crippen molar-refractivity contribution in [2.45, 2.75) is 26.5 Å². The maximum Gasteiger partial charge on any atom is 0.387 e. The zero-order chi connectivity index (χ0) is 21.4. The largest absolute Gasteiger partial charge is 0.497 e. The standard InChI is InChI=1S/C22H25F2NO4/c1-14(2)21(16-7-9-17(27-3)10-8-16)25-20(26)12-6-15-5-11-18(29-22(23)24)19(13-15)28-4/h5-14,21-22H,1-4H3,(H,25,26)/b12-6+/t21-/m1/s1. The third-order valence-electron chi connectivity index (χ3n) is 4.27. The van der Waals surface area contributed by atoms with Crippen LogP contribution in [-0.4, -0.2) is 26.7 Å². The van der Waals surface area contributed by atoms with E-state index in [1.54, 1.807) is 19.3 Å². The van der Waals surface area contributed by atoms with E-state index in [4.69, 9.17) is 9.47 Å². The molecule has 0 heterocycles. The number of rotatable bonds is 9. The minimum absolute atomic E-state index is 0.0662. The molecule has 0 unspecified atom stereocenters. The molecule has 1 amide bonds. The van der Waals surface area contributed by atoms with Crippen LogP contribution in [0.3, 0.4) is 0 Å². The van der Waals surface area contributed by atoms with Crippen LogP contribution in [0.4, 0.5) is 8.78 Å². The summed E-state index contributed by atoms with van der Waals surface area (Å²) in [6.07, 6.45) is 2.97. The van der Waals surface area contributed by atoms with Crippen LogP contribution < -0.4 is 19.5 Å². The number of ether oxygens (including phenoxy) is 3. The molecule has 2 aromatic rings. The van der Waals surface area contributed by atoms with E-state index in [-0.39, 0.29) is 29.4 Å². The molecule has 0 aromatic heterocycles. The first kappa shape index (κ1) is 22.2. The van der Waals surface area contributed by atoms with Crippen molar-refractivity contribution in [1.82, 2.24) is 5.32 Å². The number of halogens is 2. The zero-order valence-corrected chi connectivity index (χ0v) is 16.8. The van der Waals surface area contributed by atoms with Crippen molar-refractivity contribution in [3.63, 3.8) is 0 Å². The van der Waals surface area contributed by atoms with E-state index in [2.05, 4.69) is 10.1 Å². The van der Waals surface area contributed by atoms with Crippen molar-refractivity contribution in [1.29, 1.82) is 0 Å². The molecule has 1 atom stereocenters. The monoisotopic (exact) mass is 405 g/mol. The highest BCUT2D eigenvalue weighted by molar-refractivity contribution is 5.92. The Morgan fingerprint density at radius 3 is 2.24 bits per heavy atom. The first-order valence-corrected chi connectivity index (χ1v) is 9.09. The summed E-state index contributed by atoms with van der Waals surface area (Å²) in [5, 5.41) is 2.98. The lowest BCUT2D eigenvalue weighted by molar-refractivity contribution is -0.117. The Hall–Kier alpha value is -3.09. The number of amides is 1. The summed E-state index contributed by atoms with van der Waals surface area (Å²) in [6, 6.07) is 11.8. The quantitative estimate of drug-likeness (QED) is 0.607. The summed E-state index contributed by atoms with van der Waals surface area (Å²) >= 11 is 0. The summed E-state index contributed by atoms with van der Waals surface area (Å²) in [5.41, 5.74) is 1.59. The molecule has 0 spiro atoms. The van der Waals surface area contributed by atoms with Gasteiger partial charge in [-0.3, -0.25) is 4.79 Å². The van der Waals surface area contributed by atoms with Crippen LogP contribution in [0.25, 0.3) is 6.08 Å². The maximum atomic E-state index is 12.4. The lowest BCUT2D eigenvalue weighted by Gasteiger charge is -2.22. The molecule has 7 heteroatoms. The SMILES string of the molecule is COc1ccc([C@H](NC(=O)/C=C/c2ccc(OC(F)F)c(OC)c2)C(C)C)cc1. The van der Waals surface area contributed by atoms with Gasteiger partial charge in [0, 0.05) is 6.08 Å². The van der Waals surface area contributed by atoms with Crippen LogP contribution >= 0.6 is 0 Å². The van der Waals surface area contributed by atoms with E-state index in [1.807, 2.05) is 38.1 Å². The van der Waals surface area contributed by atoms with Gasteiger partial charge in [0.15, 0.2) is 11.5 Å². The summed E-state index contributed by atoms with van der Waals surface area (Å²) < 4.78 is 39.4. The maximum absolute atomic E-state index is 12.4. The summed E-state index contributed by atoms with van der Waals surface area (Å²) in [4.78, 5) is 12.4. The average Bonchev–Trinajstić information content (AvgIpc) is 2.70. The Balaban J connectivity index is 2.10. The molecule has 0 fully saturated rings. The fourth-order valence-electron chi connectivity index (χ4n) is 2.80. The van der Waals surface area contributed by atoms with Crippen molar-refractivity contribution in [3.8, 4) is 17.2 Å². The zero-order valence-electron chi connectivity index (χ0n) is 16.8. The molecule has 2 rings (SSSR count). The van der Waals surface area contributed by atoms with Crippen molar-refractivity contribution in [2.24, 2.45) is 5.92 Å². The van der Waals surface area contributed by atoms with Gasteiger partial charge >= 0.3 is 6.61 Å². The summed E-state index contributed by atoms with van der Waals surface area (Å²) in [5.74, 6) is 0.739. The molecule has 5 nitrogen and oxygen atoms in total. The van der Waals surface area contributed by atoms with Crippen LogP contribution in [0.5, 0.6) is 17.2 Å². The van der Waals surface area contributed by atoms with Crippen LogP contribution in [0.1, 0.15) is 31.0 Å². The van der Waals surface area contributed by atoms with Gasteiger partial charge in [-0.2, -0.15) is 8.78 Å². The number of carbonyl (C=O) groups excluding carboxylic acids is 1. The highest BCUT2D eigenvalue weighted by Crippen LogP contribution is 2.30. The predicted octanol–water partition coefficient (Wildman–Crippen LogP) is 4.83. The second kappa shape index (κ2) is 10.5. The predicted molar refractivity (Wildman–Crippen MR) is 107 cm³/mol. The van der Waals surface area contributed by atoms with Crippen LogP contribution in [-0.2, 0) is 4.79 Å². The van der Waals surface area contributed by atoms with Crippen molar-refractivity contribution < 1.29 is 27.8 Å². The lowest BCUT2D eigenvalue weighted by atomic mass is 9.96. The molecule has 0 saturated carbocycles. The van der Waals surface area contributed by atoms with Gasteiger partial charge in [-0.25, -0.2) is 0 Å². The van der Waals surface area contributed by atoms with Gasteiger partial charge in [-0.1, -0.05) is 32.0 Å². The van der Waals surface area contributed by atoms with E-state index < -0.39 is 6.61 Å². The molecule has 0 aliphatic rings. The van der Waals surface area contributed by atoms with Gasteiger partial charge in [-0.05, 0) is 47.4 Å². The molecule has 29 heavy (non-hydrogen) atoms. The average molecular weight is 405 g/mol. The number of hydrogen-bond acceptors (Lipinski definition) is 4. The van der Waals surface area contributed by atoms with E-state index in [0.717, 1.165) is 11.3 Å². The van der Waals surface area contributed by atoms with Crippen molar-refractivity contribution in [2.75, 3.05) is 14.2 Å². The Morgan fingerprint density at radius 1 is 1.00 bits per heavy atom. The molecule has 0 aliphatic carbocycles. The highest BCUT2D eigenvalue weighted by atomic mass is 19.3. The van der Waals surface area contributed by atoms with E-state index in [1.165, 1.54) is 25.3 Å². The van der Waals surface area contributed by atoms with Crippen molar-refractivity contribution >= 4 is 12.0 Å². The highest BCUT2D eigenvalue weighted by Gasteiger charge is 2.17. The van der Waals surface area contributed by atoms with Crippen LogP contribution in [0, 0.1) is 5.92 Å². The third kappa shape index (κ3) is 6.48. The molecule has 0 aliphatic heterocycles. The van der Waals surface area contributed by atoms with Gasteiger partial charge in [0.05, 0.1) is 20.3 Å². The Morgan fingerprint density at radius 2 is 1.69 bits per heavy atom. The molecule has 0 saturated heterocycles. The van der Waals surface area contributed by atoms with Gasteiger partial charge in [0.25, 0.3) is 0 Å². The van der Waals surface area contributed by atoms with Crippen LogP contribution in [0.2, 0.25) is 0 Å². The minimum atomic E-state index is -2.94. The number of alkyl halides is 2. The van der Waals surface area contributed by atoms with E-state index >= 15 is 0 Å².